The predicted molar refractivity (Wildman–Crippen MR) is 67.3 cm³/mol. The van der Waals surface area contributed by atoms with Crippen LogP contribution in [0.4, 0.5) is 0 Å². The summed E-state index contributed by atoms with van der Waals surface area (Å²) in [6, 6.07) is -0.363. The van der Waals surface area contributed by atoms with Gasteiger partial charge in [0, 0.05) is 19.5 Å². The molecule has 2 unspecified atom stereocenters. The molecule has 2 rings (SSSR count). The molecule has 0 spiro atoms. The normalized spacial score (nSPS) is 28.4. The highest BCUT2D eigenvalue weighted by Gasteiger charge is 2.43. The lowest BCUT2D eigenvalue weighted by Gasteiger charge is -2.22. The molecule has 2 aliphatic rings. The second kappa shape index (κ2) is 5.69. The number of hydrogen-bond donors (Lipinski definition) is 1. The molecule has 2 heterocycles. The van der Waals surface area contributed by atoms with Crippen molar-refractivity contribution in [2.45, 2.75) is 38.6 Å². The van der Waals surface area contributed by atoms with Crippen molar-refractivity contribution in [3.05, 3.63) is 0 Å². The molecule has 6 nitrogen and oxygen atoms in total. The summed E-state index contributed by atoms with van der Waals surface area (Å²) in [5, 5.41) is 8.78. The summed E-state index contributed by atoms with van der Waals surface area (Å²) in [6.45, 7) is 3.74. The van der Waals surface area contributed by atoms with E-state index in [0.29, 0.717) is 19.6 Å². The van der Waals surface area contributed by atoms with Crippen LogP contribution in [-0.4, -0.2) is 58.4 Å². The van der Waals surface area contributed by atoms with Gasteiger partial charge in [-0.1, -0.05) is 6.92 Å². The fourth-order valence-electron chi connectivity index (χ4n) is 2.97. The van der Waals surface area contributed by atoms with Crippen molar-refractivity contribution >= 4 is 17.8 Å². The minimum Gasteiger partial charge on any atom is -0.481 e. The predicted octanol–water partition coefficient (Wildman–Crippen LogP) is 0.320. The van der Waals surface area contributed by atoms with Gasteiger partial charge in [-0.15, -0.1) is 0 Å². The van der Waals surface area contributed by atoms with E-state index in [1.54, 1.807) is 0 Å². The van der Waals surface area contributed by atoms with Gasteiger partial charge in [-0.05, 0) is 25.3 Å². The van der Waals surface area contributed by atoms with Gasteiger partial charge < -0.3 is 5.11 Å². The highest BCUT2D eigenvalue weighted by molar-refractivity contribution is 6.05. The lowest BCUT2D eigenvalue weighted by molar-refractivity contribution is -0.140. The van der Waals surface area contributed by atoms with E-state index in [1.807, 2.05) is 11.8 Å². The van der Waals surface area contributed by atoms with Gasteiger partial charge in [0.05, 0.1) is 12.5 Å². The number of aliphatic carboxylic acids is 1. The van der Waals surface area contributed by atoms with E-state index < -0.39 is 5.97 Å². The Kier molecular flexibility index (Phi) is 4.19. The first-order chi connectivity index (χ1) is 9.02. The highest BCUT2D eigenvalue weighted by atomic mass is 16.4. The number of nitrogens with zero attached hydrogens (tertiary/aromatic N) is 2. The third-order valence-electron chi connectivity index (χ3n) is 3.89. The summed E-state index contributed by atoms with van der Waals surface area (Å²) in [6.07, 6.45) is 1.95. The number of imide groups is 1. The third kappa shape index (κ3) is 2.94. The largest absolute Gasteiger partial charge is 0.481 e. The summed E-state index contributed by atoms with van der Waals surface area (Å²) in [5.41, 5.74) is 0. The van der Waals surface area contributed by atoms with Gasteiger partial charge in [-0.2, -0.15) is 0 Å². The Morgan fingerprint density at radius 3 is 2.79 bits per heavy atom. The van der Waals surface area contributed by atoms with Crippen molar-refractivity contribution in [3.8, 4) is 0 Å². The van der Waals surface area contributed by atoms with Crippen LogP contribution in [0.2, 0.25) is 0 Å². The molecule has 0 saturated carbocycles. The lowest BCUT2D eigenvalue weighted by atomic mass is 10.1. The van der Waals surface area contributed by atoms with Crippen molar-refractivity contribution in [2.24, 2.45) is 5.92 Å². The van der Waals surface area contributed by atoms with Gasteiger partial charge in [0.15, 0.2) is 0 Å². The fraction of sp³-hybridized carbons (Fsp3) is 0.769. The highest BCUT2D eigenvalue weighted by Crippen LogP contribution is 2.27. The van der Waals surface area contributed by atoms with Crippen molar-refractivity contribution in [1.29, 1.82) is 0 Å². The molecule has 0 aromatic heterocycles. The number of likely N-dealkylation sites (tertiary alicyclic amines) is 2. The first kappa shape index (κ1) is 14.0. The minimum atomic E-state index is -0.798. The van der Waals surface area contributed by atoms with Crippen LogP contribution in [0.5, 0.6) is 0 Å². The zero-order valence-electron chi connectivity index (χ0n) is 11.2. The van der Waals surface area contributed by atoms with Crippen LogP contribution in [0, 0.1) is 5.92 Å². The molecule has 2 atom stereocenters. The van der Waals surface area contributed by atoms with E-state index in [4.69, 9.17) is 5.11 Å². The molecule has 0 aliphatic carbocycles. The van der Waals surface area contributed by atoms with Gasteiger partial charge in [0.2, 0.25) is 11.8 Å². The van der Waals surface area contributed by atoms with E-state index in [0.717, 1.165) is 12.8 Å². The first-order valence-electron chi connectivity index (χ1n) is 6.83. The van der Waals surface area contributed by atoms with E-state index in [-0.39, 0.29) is 36.6 Å². The van der Waals surface area contributed by atoms with Crippen LogP contribution < -0.4 is 0 Å². The Balaban J connectivity index is 1.95. The molecule has 0 bridgehead atoms. The summed E-state index contributed by atoms with van der Waals surface area (Å²) >= 11 is 0. The van der Waals surface area contributed by atoms with Crippen molar-refractivity contribution in [1.82, 2.24) is 9.80 Å². The Morgan fingerprint density at radius 1 is 1.42 bits per heavy atom. The molecule has 2 saturated heterocycles. The van der Waals surface area contributed by atoms with Crippen LogP contribution in [0.1, 0.15) is 32.6 Å². The number of amides is 2. The number of carbonyl (C=O) groups excluding carboxylic acids is 2. The molecule has 2 fully saturated rings. The van der Waals surface area contributed by atoms with Gasteiger partial charge in [0.25, 0.3) is 0 Å². The average molecular weight is 268 g/mol. The molecule has 19 heavy (non-hydrogen) atoms. The molecule has 0 radical (unpaired) electrons. The number of carboxylic acids is 1. The topological polar surface area (TPSA) is 77.9 Å². The zero-order chi connectivity index (χ0) is 14.0. The molecule has 2 aliphatic heterocycles. The number of hydrogen-bond acceptors (Lipinski definition) is 4. The summed E-state index contributed by atoms with van der Waals surface area (Å²) in [5.74, 6) is -0.907. The van der Waals surface area contributed by atoms with Gasteiger partial charge in [0.1, 0.15) is 0 Å². The lowest BCUT2D eigenvalue weighted by Crippen LogP contribution is -2.41. The SMILES string of the molecule is CCCN1C(=O)CC(N2CCC(CC(=O)O)C2)C1=O. The fourth-order valence-corrected chi connectivity index (χ4v) is 2.97. The van der Waals surface area contributed by atoms with E-state index in [9.17, 15) is 14.4 Å². The van der Waals surface area contributed by atoms with E-state index in [2.05, 4.69) is 0 Å². The third-order valence-corrected chi connectivity index (χ3v) is 3.89. The van der Waals surface area contributed by atoms with Crippen LogP contribution in [0.3, 0.4) is 0 Å². The maximum Gasteiger partial charge on any atom is 0.303 e. The summed E-state index contributed by atoms with van der Waals surface area (Å²) in [4.78, 5) is 38.0. The molecule has 106 valence electrons. The van der Waals surface area contributed by atoms with E-state index in [1.165, 1.54) is 4.90 Å². The average Bonchev–Trinajstić information content (AvgIpc) is 2.88. The number of carbonyl (C=O) groups is 3. The Labute approximate surface area is 112 Å². The van der Waals surface area contributed by atoms with Crippen LogP contribution >= 0.6 is 0 Å². The molecule has 0 aromatic carbocycles. The number of carboxylic acid groups (broad SMARTS) is 1. The quantitative estimate of drug-likeness (QED) is 0.727. The second-order valence-electron chi connectivity index (χ2n) is 5.35. The maximum atomic E-state index is 12.2. The smallest absolute Gasteiger partial charge is 0.303 e. The molecular weight excluding hydrogens is 248 g/mol. The summed E-state index contributed by atoms with van der Waals surface area (Å²) < 4.78 is 0. The second-order valence-corrected chi connectivity index (χ2v) is 5.35. The summed E-state index contributed by atoms with van der Waals surface area (Å²) in [7, 11) is 0. The van der Waals surface area contributed by atoms with E-state index >= 15 is 0 Å². The molecule has 6 heteroatoms. The van der Waals surface area contributed by atoms with Gasteiger partial charge >= 0.3 is 5.97 Å². The van der Waals surface area contributed by atoms with Crippen molar-refractivity contribution in [2.75, 3.05) is 19.6 Å². The number of rotatable bonds is 5. The molecule has 2 amide bonds. The van der Waals surface area contributed by atoms with Crippen molar-refractivity contribution in [3.63, 3.8) is 0 Å². The van der Waals surface area contributed by atoms with Gasteiger partial charge in [-0.25, -0.2) is 0 Å². The maximum absolute atomic E-state index is 12.2. The standard InChI is InChI=1S/C13H20N2O4/c1-2-4-15-11(16)7-10(13(15)19)14-5-3-9(8-14)6-12(17)18/h9-10H,2-8H2,1H3,(H,17,18). The molecular formula is C13H20N2O4. The Hall–Kier alpha value is -1.43. The molecule has 1 N–H and O–H groups in total. The molecule has 0 aromatic rings. The monoisotopic (exact) mass is 268 g/mol. The van der Waals surface area contributed by atoms with Gasteiger partial charge in [-0.3, -0.25) is 24.2 Å². The zero-order valence-corrected chi connectivity index (χ0v) is 11.2. The van der Waals surface area contributed by atoms with Crippen LogP contribution in [0.15, 0.2) is 0 Å². The van der Waals surface area contributed by atoms with Crippen LogP contribution in [0.25, 0.3) is 0 Å². The Bertz CT molecular complexity index is 396. The first-order valence-corrected chi connectivity index (χ1v) is 6.83. The Morgan fingerprint density at radius 2 is 2.16 bits per heavy atom. The minimum absolute atomic E-state index is 0.0978. The van der Waals surface area contributed by atoms with Crippen molar-refractivity contribution < 1.29 is 19.5 Å². The van der Waals surface area contributed by atoms with Crippen LogP contribution in [-0.2, 0) is 14.4 Å².